The summed E-state index contributed by atoms with van der Waals surface area (Å²) in [6, 6.07) is 0. The van der Waals surface area contributed by atoms with Gasteiger partial charge in [-0.2, -0.15) is 0 Å². The molecular formula is C11H10BrClO2. The summed E-state index contributed by atoms with van der Waals surface area (Å²) in [7, 11) is 0. The molecular weight excluding hydrogens is 279 g/mol. The largest absolute Gasteiger partial charge is 0.346 e. The van der Waals surface area contributed by atoms with Crippen molar-refractivity contribution >= 4 is 27.5 Å². The third kappa shape index (κ3) is 0.382. The summed E-state index contributed by atoms with van der Waals surface area (Å²) in [6.07, 6.45) is 0. The molecule has 2 nitrogen and oxygen atoms in total. The van der Waals surface area contributed by atoms with Gasteiger partial charge in [-0.25, -0.2) is 0 Å². The standard InChI is InChI=1S/C11H10BrClO2/c12-10-6-3-7(10)5-8(4(6)9(3,5)13)11(10)14-1-2-15-11/h3-8H,1-2H2/t3?,4-,5-,6-,7-,8?,9?,10?/m0/s1. The number of alkyl halides is 2. The van der Waals surface area contributed by atoms with Crippen LogP contribution in [0, 0.1) is 35.5 Å². The van der Waals surface area contributed by atoms with Gasteiger partial charge >= 0.3 is 0 Å². The number of rotatable bonds is 0. The van der Waals surface area contributed by atoms with Crippen molar-refractivity contribution in [2.24, 2.45) is 35.5 Å². The van der Waals surface area contributed by atoms with E-state index < -0.39 is 0 Å². The first-order valence-corrected chi connectivity index (χ1v) is 7.02. The fraction of sp³-hybridized carbons (Fsp3) is 1.00. The lowest BCUT2D eigenvalue weighted by atomic mass is 9.19. The maximum atomic E-state index is 6.68. The molecule has 7 fully saturated rings. The van der Waals surface area contributed by atoms with E-state index in [9.17, 15) is 0 Å². The molecule has 0 amide bonds. The van der Waals surface area contributed by atoms with Crippen LogP contribution in [0.1, 0.15) is 0 Å². The van der Waals surface area contributed by atoms with Crippen LogP contribution in [0.15, 0.2) is 0 Å². The Morgan fingerprint density at radius 2 is 1.47 bits per heavy atom. The molecule has 1 saturated heterocycles. The molecule has 4 atom stereocenters. The molecule has 0 radical (unpaired) electrons. The maximum absolute atomic E-state index is 6.68. The summed E-state index contributed by atoms with van der Waals surface area (Å²) in [5, 5.41) is 0. The predicted molar refractivity (Wildman–Crippen MR) is 55.8 cm³/mol. The summed E-state index contributed by atoms with van der Waals surface area (Å²) in [6.45, 7) is 1.53. The first-order valence-electron chi connectivity index (χ1n) is 5.85. The van der Waals surface area contributed by atoms with Crippen LogP contribution >= 0.6 is 27.5 Å². The van der Waals surface area contributed by atoms with E-state index in [1.54, 1.807) is 0 Å². The van der Waals surface area contributed by atoms with Gasteiger partial charge in [-0.05, 0) is 29.6 Å². The minimum absolute atomic E-state index is 0.151. The average Bonchev–Trinajstić information content (AvgIpc) is 2.78. The Labute approximate surface area is 101 Å². The van der Waals surface area contributed by atoms with Crippen LogP contribution in [0.3, 0.4) is 0 Å². The number of hydrogen-bond acceptors (Lipinski definition) is 2. The highest BCUT2D eigenvalue weighted by Gasteiger charge is 3.09. The van der Waals surface area contributed by atoms with Crippen LogP contribution in [-0.4, -0.2) is 28.2 Å². The Kier molecular flexibility index (Phi) is 0.877. The molecule has 7 aliphatic rings. The van der Waals surface area contributed by atoms with E-state index in [2.05, 4.69) is 15.9 Å². The third-order valence-electron chi connectivity index (χ3n) is 6.51. The Bertz CT molecular complexity index is 412. The third-order valence-corrected chi connectivity index (χ3v) is 8.88. The van der Waals surface area contributed by atoms with Crippen LogP contribution in [0.4, 0.5) is 0 Å². The van der Waals surface area contributed by atoms with Crippen molar-refractivity contribution in [3.05, 3.63) is 0 Å². The minimum Gasteiger partial charge on any atom is -0.346 e. The molecule has 15 heavy (non-hydrogen) atoms. The highest BCUT2D eigenvalue weighted by Crippen LogP contribution is 3.03. The van der Waals surface area contributed by atoms with Crippen molar-refractivity contribution in [2.45, 2.75) is 15.0 Å². The van der Waals surface area contributed by atoms with Gasteiger partial charge in [0.25, 0.3) is 0 Å². The van der Waals surface area contributed by atoms with Crippen LogP contribution in [0.25, 0.3) is 0 Å². The number of ether oxygens (including phenoxy) is 2. The van der Waals surface area contributed by atoms with Gasteiger partial charge < -0.3 is 9.47 Å². The molecule has 80 valence electrons. The highest BCUT2D eigenvalue weighted by molar-refractivity contribution is 9.10. The molecule has 0 aromatic heterocycles. The molecule has 4 heteroatoms. The molecule has 0 aromatic rings. The first-order chi connectivity index (χ1) is 7.19. The summed E-state index contributed by atoms with van der Waals surface area (Å²) < 4.78 is 12.2. The fourth-order valence-electron chi connectivity index (χ4n) is 6.49. The van der Waals surface area contributed by atoms with E-state index in [0.717, 1.165) is 31.0 Å². The van der Waals surface area contributed by atoms with Crippen LogP contribution < -0.4 is 0 Å². The van der Waals surface area contributed by atoms with Crippen molar-refractivity contribution < 1.29 is 9.47 Å². The van der Waals surface area contributed by atoms with E-state index >= 15 is 0 Å². The van der Waals surface area contributed by atoms with Crippen molar-refractivity contribution in [1.82, 2.24) is 0 Å². The summed E-state index contributed by atoms with van der Waals surface area (Å²) >= 11 is 10.7. The molecule has 0 N–H and O–H groups in total. The van der Waals surface area contributed by atoms with Crippen LogP contribution in [0.2, 0.25) is 0 Å². The lowest BCUT2D eigenvalue weighted by molar-refractivity contribution is -0.345. The summed E-state index contributed by atoms with van der Waals surface area (Å²) in [4.78, 5) is 0.191. The Balaban J connectivity index is 1.65. The second kappa shape index (κ2) is 1.66. The van der Waals surface area contributed by atoms with Gasteiger partial charge in [0.2, 0.25) is 0 Å². The Morgan fingerprint density at radius 3 is 2.00 bits per heavy atom. The monoisotopic (exact) mass is 288 g/mol. The molecule has 0 aromatic carbocycles. The smallest absolute Gasteiger partial charge is 0.187 e. The maximum Gasteiger partial charge on any atom is 0.187 e. The molecule has 1 heterocycles. The van der Waals surface area contributed by atoms with Gasteiger partial charge in [0.05, 0.1) is 22.4 Å². The van der Waals surface area contributed by atoms with Gasteiger partial charge in [0, 0.05) is 5.92 Å². The Morgan fingerprint density at radius 1 is 0.933 bits per heavy atom. The van der Waals surface area contributed by atoms with E-state index in [1.165, 1.54) is 0 Å². The van der Waals surface area contributed by atoms with Crippen molar-refractivity contribution in [3.8, 4) is 0 Å². The van der Waals surface area contributed by atoms with Crippen molar-refractivity contribution in [3.63, 3.8) is 0 Å². The Hall–Kier alpha value is 0.690. The quantitative estimate of drug-likeness (QED) is 0.631. The average molecular weight is 290 g/mol. The van der Waals surface area contributed by atoms with Gasteiger partial charge in [-0.3, -0.25) is 0 Å². The lowest BCUT2D eigenvalue weighted by Crippen LogP contribution is -2.94. The lowest BCUT2D eigenvalue weighted by Gasteiger charge is -2.89. The zero-order valence-corrected chi connectivity index (χ0v) is 10.3. The van der Waals surface area contributed by atoms with Gasteiger partial charge in [-0.15, -0.1) is 11.6 Å². The number of hydrogen-bond donors (Lipinski definition) is 0. The molecule has 0 unspecified atom stereocenters. The SMILES string of the molecule is ClC12C3[C@H]4[C@H]1C1[C@@H]2[C@H]3C4(Br)C12OCCO2. The molecule has 1 spiro atoms. The van der Waals surface area contributed by atoms with Crippen molar-refractivity contribution in [1.29, 1.82) is 0 Å². The zero-order valence-electron chi connectivity index (χ0n) is 7.95. The summed E-state index contributed by atoms with van der Waals surface area (Å²) in [5.74, 6) is 4.02. The first kappa shape index (κ1) is 7.91. The molecule has 6 aliphatic carbocycles. The van der Waals surface area contributed by atoms with Crippen molar-refractivity contribution in [2.75, 3.05) is 13.2 Å². The van der Waals surface area contributed by atoms with Gasteiger partial charge in [-0.1, -0.05) is 15.9 Å². The molecule has 2 bridgehead atoms. The number of halogens is 2. The van der Waals surface area contributed by atoms with E-state index in [-0.39, 0.29) is 15.0 Å². The van der Waals surface area contributed by atoms with E-state index in [1.807, 2.05) is 0 Å². The molecule has 6 saturated carbocycles. The van der Waals surface area contributed by atoms with E-state index in [4.69, 9.17) is 21.1 Å². The normalized spacial score (nSPS) is 82.0. The van der Waals surface area contributed by atoms with Gasteiger partial charge in [0.15, 0.2) is 5.79 Å². The molecule has 7 rings (SSSR count). The highest BCUT2D eigenvalue weighted by atomic mass is 79.9. The van der Waals surface area contributed by atoms with Crippen LogP contribution in [0.5, 0.6) is 0 Å². The molecule has 1 aliphatic heterocycles. The van der Waals surface area contributed by atoms with Crippen LogP contribution in [-0.2, 0) is 9.47 Å². The fourth-order valence-corrected chi connectivity index (χ4v) is 8.93. The summed E-state index contributed by atoms with van der Waals surface area (Å²) in [5.41, 5.74) is 0. The van der Waals surface area contributed by atoms with E-state index in [0.29, 0.717) is 17.8 Å². The predicted octanol–water partition coefficient (Wildman–Crippen LogP) is 1.61. The second-order valence-electron chi connectivity index (χ2n) is 6.11. The topological polar surface area (TPSA) is 18.5 Å². The second-order valence-corrected chi connectivity index (χ2v) is 8.08. The minimum atomic E-state index is -0.275. The van der Waals surface area contributed by atoms with Gasteiger partial charge in [0.1, 0.15) is 0 Å². The zero-order chi connectivity index (χ0) is 9.79.